The summed E-state index contributed by atoms with van der Waals surface area (Å²) in [4.78, 5) is 14.3. The van der Waals surface area contributed by atoms with Crippen LogP contribution in [-0.4, -0.2) is 47.1 Å². The van der Waals surface area contributed by atoms with Crippen LogP contribution < -0.4 is 10.6 Å². The van der Waals surface area contributed by atoms with Gasteiger partial charge in [-0.3, -0.25) is 4.90 Å². The molecule has 116 valence electrons. The van der Waals surface area contributed by atoms with E-state index in [1.54, 1.807) is 0 Å². The lowest BCUT2D eigenvalue weighted by Gasteiger charge is -2.34. The Bertz CT molecular complexity index is 480. The molecule has 3 rings (SSSR count). The standard InChI is InChI=1S/C16H27N5/c1-12(2)21-8-5-15-14(11-21)10-18-16(19-15)20-6-3-13(9-17)4-7-20/h10,12-13H,3-9,11,17H2,1-2H3. The minimum Gasteiger partial charge on any atom is -0.341 e. The predicted molar refractivity (Wildman–Crippen MR) is 85.3 cm³/mol. The maximum absolute atomic E-state index is 5.76. The van der Waals surface area contributed by atoms with Gasteiger partial charge in [0.2, 0.25) is 5.95 Å². The van der Waals surface area contributed by atoms with E-state index in [2.05, 4.69) is 28.6 Å². The van der Waals surface area contributed by atoms with Gasteiger partial charge in [-0.15, -0.1) is 0 Å². The molecule has 0 saturated carbocycles. The number of aromatic nitrogens is 2. The molecule has 0 unspecified atom stereocenters. The van der Waals surface area contributed by atoms with Crippen LogP contribution in [0.15, 0.2) is 6.20 Å². The zero-order valence-corrected chi connectivity index (χ0v) is 13.3. The first-order valence-electron chi connectivity index (χ1n) is 8.21. The molecule has 0 aromatic carbocycles. The second-order valence-electron chi connectivity index (χ2n) is 6.62. The second-order valence-corrected chi connectivity index (χ2v) is 6.62. The third-order valence-electron chi connectivity index (χ3n) is 4.91. The van der Waals surface area contributed by atoms with Crippen molar-refractivity contribution in [2.45, 2.75) is 45.7 Å². The Morgan fingerprint density at radius 2 is 2.05 bits per heavy atom. The molecule has 5 nitrogen and oxygen atoms in total. The normalized spacial score (nSPS) is 20.9. The van der Waals surface area contributed by atoms with Crippen LogP contribution in [0.2, 0.25) is 0 Å². The van der Waals surface area contributed by atoms with Crippen molar-refractivity contribution >= 4 is 5.95 Å². The number of hydrogen-bond acceptors (Lipinski definition) is 5. The molecule has 0 bridgehead atoms. The van der Waals surface area contributed by atoms with Crippen LogP contribution in [0.3, 0.4) is 0 Å². The molecule has 1 saturated heterocycles. The first-order valence-corrected chi connectivity index (χ1v) is 8.21. The minimum absolute atomic E-state index is 0.591. The highest BCUT2D eigenvalue weighted by atomic mass is 15.3. The zero-order valence-electron chi connectivity index (χ0n) is 13.3. The molecule has 0 amide bonds. The third kappa shape index (κ3) is 3.19. The van der Waals surface area contributed by atoms with Crippen LogP contribution >= 0.6 is 0 Å². The van der Waals surface area contributed by atoms with Gasteiger partial charge in [0.1, 0.15) is 0 Å². The van der Waals surface area contributed by atoms with Gasteiger partial charge in [-0.2, -0.15) is 0 Å². The smallest absolute Gasteiger partial charge is 0.225 e. The quantitative estimate of drug-likeness (QED) is 0.912. The van der Waals surface area contributed by atoms with Crippen molar-refractivity contribution in [2.24, 2.45) is 11.7 Å². The maximum atomic E-state index is 5.76. The van der Waals surface area contributed by atoms with E-state index in [0.717, 1.165) is 57.9 Å². The summed E-state index contributed by atoms with van der Waals surface area (Å²) in [5.41, 5.74) is 8.31. The van der Waals surface area contributed by atoms with Crippen molar-refractivity contribution in [2.75, 3.05) is 31.1 Å². The number of nitrogens with zero attached hydrogens (tertiary/aromatic N) is 4. The van der Waals surface area contributed by atoms with Crippen molar-refractivity contribution in [1.82, 2.24) is 14.9 Å². The summed E-state index contributed by atoms with van der Waals surface area (Å²) >= 11 is 0. The first-order chi connectivity index (χ1) is 10.2. The molecule has 1 aromatic rings. The molecule has 2 N–H and O–H groups in total. The van der Waals surface area contributed by atoms with Crippen molar-refractivity contribution in [3.63, 3.8) is 0 Å². The van der Waals surface area contributed by atoms with E-state index in [0.29, 0.717) is 12.0 Å². The molecular weight excluding hydrogens is 262 g/mol. The van der Waals surface area contributed by atoms with Gasteiger partial charge in [-0.05, 0) is 39.2 Å². The third-order valence-corrected chi connectivity index (χ3v) is 4.91. The highest BCUT2D eigenvalue weighted by Crippen LogP contribution is 2.23. The summed E-state index contributed by atoms with van der Waals surface area (Å²) < 4.78 is 0. The van der Waals surface area contributed by atoms with Crippen LogP contribution in [0.4, 0.5) is 5.95 Å². The Labute approximate surface area is 127 Å². The molecule has 0 atom stereocenters. The average Bonchev–Trinajstić information content (AvgIpc) is 2.54. The molecule has 1 fully saturated rings. The highest BCUT2D eigenvalue weighted by Gasteiger charge is 2.23. The molecule has 1 aromatic heterocycles. The second kappa shape index (κ2) is 6.28. The molecule has 5 heteroatoms. The van der Waals surface area contributed by atoms with Gasteiger partial charge in [-0.1, -0.05) is 0 Å². The topological polar surface area (TPSA) is 58.3 Å². The van der Waals surface area contributed by atoms with Gasteiger partial charge in [0.25, 0.3) is 0 Å². The monoisotopic (exact) mass is 289 g/mol. The van der Waals surface area contributed by atoms with E-state index in [1.165, 1.54) is 11.3 Å². The minimum atomic E-state index is 0.591. The summed E-state index contributed by atoms with van der Waals surface area (Å²) in [6, 6.07) is 0.591. The molecule has 2 aliphatic rings. The SMILES string of the molecule is CC(C)N1CCc2nc(N3CCC(CN)CC3)ncc2C1. The van der Waals surface area contributed by atoms with E-state index in [9.17, 15) is 0 Å². The van der Waals surface area contributed by atoms with E-state index in [4.69, 9.17) is 10.7 Å². The van der Waals surface area contributed by atoms with E-state index in [-0.39, 0.29) is 0 Å². The van der Waals surface area contributed by atoms with E-state index >= 15 is 0 Å². The molecule has 0 spiro atoms. The Balaban J connectivity index is 1.70. The van der Waals surface area contributed by atoms with Crippen molar-refractivity contribution in [1.29, 1.82) is 0 Å². The van der Waals surface area contributed by atoms with Crippen molar-refractivity contribution < 1.29 is 0 Å². The zero-order chi connectivity index (χ0) is 14.8. The molecule has 2 aliphatic heterocycles. The molecule has 3 heterocycles. The average molecular weight is 289 g/mol. The fourth-order valence-corrected chi connectivity index (χ4v) is 3.29. The van der Waals surface area contributed by atoms with Gasteiger partial charge < -0.3 is 10.6 Å². The van der Waals surface area contributed by atoms with Crippen LogP contribution in [-0.2, 0) is 13.0 Å². The van der Waals surface area contributed by atoms with Gasteiger partial charge in [0.15, 0.2) is 0 Å². The number of fused-ring (bicyclic) bond motifs is 1. The Kier molecular flexibility index (Phi) is 4.40. The first kappa shape index (κ1) is 14.7. The van der Waals surface area contributed by atoms with Gasteiger partial charge in [-0.25, -0.2) is 9.97 Å². The summed E-state index contributed by atoms with van der Waals surface area (Å²) in [7, 11) is 0. The number of piperidine rings is 1. The molecule has 0 radical (unpaired) electrons. The fourth-order valence-electron chi connectivity index (χ4n) is 3.29. The lowest BCUT2D eigenvalue weighted by atomic mass is 9.97. The Hall–Kier alpha value is -1.20. The van der Waals surface area contributed by atoms with E-state index in [1.807, 2.05) is 6.20 Å². The van der Waals surface area contributed by atoms with Gasteiger partial charge in [0, 0.05) is 50.4 Å². The highest BCUT2D eigenvalue weighted by molar-refractivity contribution is 5.34. The number of nitrogens with two attached hydrogens (primary N) is 1. The summed E-state index contributed by atoms with van der Waals surface area (Å²) in [5.74, 6) is 1.60. The largest absolute Gasteiger partial charge is 0.341 e. The number of anilines is 1. The summed E-state index contributed by atoms with van der Waals surface area (Å²) in [6.45, 7) is 9.49. The van der Waals surface area contributed by atoms with Crippen LogP contribution in [0, 0.1) is 5.92 Å². The van der Waals surface area contributed by atoms with Crippen molar-refractivity contribution in [3.05, 3.63) is 17.5 Å². The maximum Gasteiger partial charge on any atom is 0.225 e. The summed E-state index contributed by atoms with van der Waals surface area (Å²) in [6.07, 6.45) is 5.42. The Morgan fingerprint density at radius 1 is 1.29 bits per heavy atom. The number of rotatable bonds is 3. The molecule has 0 aliphatic carbocycles. The van der Waals surface area contributed by atoms with Crippen LogP contribution in [0.5, 0.6) is 0 Å². The molecular formula is C16H27N5. The number of hydrogen-bond donors (Lipinski definition) is 1. The van der Waals surface area contributed by atoms with Crippen molar-refractivity contribution in [3.8, 4) is 0 Å². The Morgan fingerprint density at radius 3 is 2.71 bits per heavy atom. The molecule has 21 heavy (non-hydrogen) atoms. The fraction of sp³-hybridized carbons (Fsp3) is 0.750. The lowest BCUT2D eigenvalue weighted by molar-refractivity contribution is 0.201. The lowest BCUT2D eigenvalue weighted by Crippen LogP contribution is -2.39. The summed E-state index contributed by atoms with van der Waals surface area (Å²) in [5, 5.41) is 0. The van der Waals surface area contributed by atoms with Crippen LogP contribution in [0.25, 0.3) is 0 Å². The van der Waals surface area contributed by atoms with Gasteiger partial charge >= 0.3 is 0 Å². The van der Waals surface area contributed by atoms with Gasteiger partial charge in [0.05, 0.1) is 5.69 Å². The van der Waals surface area contributed by atoms with Crippen LogP contribution in [0.1, 0.15) is 37.9 Å². The van der Waals surface area contributed by atoms with E-state index < -0.39 is 0 Å². The predicted octanol–water partition coefficient (Wildman–Crippen LogP) is 1.42.